The largest absolute Gasteiger partial charge is 0.494 e. The van der Waals surface area contributed by atoms with Gasteiger partial charge in [-0.25, -0.2) is 4.79 Å². The maximum Gasteiger partial charge on any atom is 0.341 e. The molecule has 1 unspecified atom stereocenters. The summed E-state index contributed by atoms with van der Waals surface area (Å²) in [6.45, 7) is 2.09. The monoisotopic (exact) mass is 325 g/mol. The first kappa shape index (κ1) is 18.9. The molecule has 1 atom stereocenters. The molecule has 0 fully saturated rings. The van der Waals surface area contributed by atoms with Gasteiger partial charge in [0, 0.05) is 0 Å². The Bertz CT molecular complexity index is 440. The quantitative estimate of drug-likeness (QED) is 0.715. The Morgan fingerprint density at radius 3 is 2.25 bits per heavy atom. The fraction of sp³-hybridized carbons (Fsp3) is 0.417. The number of ether oxygens (including phenoxy) is 2. The predicted molar refractivity (Wildman–Crippen MR) is 76.7 cm³/mol. The van der Waals surface area contributed by atoms with Crippen LogP contribution in [0.15, 0.2) is 12.1 Å². The fourth-order valence-corrected chi connectivity index (χ4v) is 1.63. The van der Waals surface area contributed by atoms with E-state index in [1.807, 2.05) is 0 Å². The molecule has 0 aliphatic heterocycles. The molecule has 0 amide bonds. The normalized spacial score (nSPS) is 11.3. The second-order valence-corrected chi connectivity index (χ2v) is 4.36. The Labute approximate surface area is 127 Å². The van der Waals surface area contributed by atoms with Crippen molar-refractivity contribution in [2.45, 2.75) is 13.2 Å². The number of benzene rings is 1. The van der Waals surface area contributed by atoms with Gasteiger partial charge in [0.2, 0.25) is 0 Å². The number of aliphatic hydroxyl groups is 1. The predicted octanol–water partition coefficient (Wildman–Crippen LogP) is 2.00. The molecule has 6 nitrogen and oxygen atoms in total. The molecule has 1 aromatic rings. The number of hydrogen-bond donors (Lipinski definition) is 3. The summed E-state index contributed by atoms with van der Waals surface area (Å²) in [5.41, 5.74) is 5.03. The van der Waals surface area contributed by atoms with E-state index in [9.17, 15) is 4.79 Å². The Morgan fingerprint density at radius 1 is 1.40 bits per heavy atom. The van der Waals surface area contributed by atoms with E-state index in [2.05, 4.69) is 0 Å². The van der Waals surface area contributed by atoms with E-state index >= 15 is 0 Å². The minimum atomic E-state index is -1.16. The van der Waals surface area contributed by atoms with Crippen molar-refractivity contribution < 1.29 is 24.5 Å². The molecule has 0 saturated carbocycles. The molecule has 20 heavy (non-hydrogen) atoms. The van der Waals surface area contributed by atoms with E-state index in [0.29, 0.717) is 6.61 Å². The van der Waals surface area contributed by atoms with Crippen LogP contribution < -0.4 is 10.5 Å². The third kappa shape index (κ3) is 6.40. The number of halogens is 2. The summed E-state index contributed by atoms with van der Waals surface area (Å²) >= 11 is 11.4. The summed E-state index contributed by atoms with van der Waals surface area (Å²) in [7, 11) is 1.34. The zero-order valence-corrected chi connectivity index (χ0v) is 12.6. The van der Waals surface area contributed by atoms with Crippen LogP contribution in [0.5, 0.6) is 5.75 Å². The van der Waals surface area contributed by atoms with Crippen LogP contribution in [0.4, 0.5) is 0 Å². The third-order valence-corrected chi connectivity index (χ3v) is 2.56. The van der Waals surface area contributed by atoms with Crippen molar-refractivity contribution in [1.29, 1.82) is 0 Å². The fourth-order valence-electron chi connectivity index (χ4n) is 1.17. The molecule has 8 heteroatoms. The number of rotatable bonds is 5. The minimum Gasteiger partial charge on any atom is -0.494 e. The van der Waals surface area contributed by atoms with Crippen molar-refractivity contribution >= 4 is 29.2 Å². The van der Waals surface area contributed by atoms with Gasteiger partial charge >= 0.3 is 5.97 Å². The highest BCUT2D eigenvalue weighted by molar-refractivity contribution is 6.36. The van der Waals surface area contributed by atoms with Gasteiger partial charge < -0.3 is 25.4 Å². The van der Waals surface area contributed by atoms with E-state index in [0.717, 1.165) is 0 Å². The second-order valence-electron chi connectivity index (χ2n) is 3.54. The Morgan fingerprint density at radius 2 is 1.95 bits per heavy atom. The summed E-state index contributed by atoms with van der Waals surface area (Å²) in [5.74, 6) is -1.08. The lowest BCUT2D eigenvalue weighted by molar-refractivity contribution is 0.0429. The van der Waals surface area contributed by atoms with E-state index in [1.54, 1.807) is 6.92 Å². The number of hydrogen-bond acceptors (Lipinski definition) is 5. The van der Waals surface area contributed by atoms with Crippen LogP contribution in [0.1, 0.15) is 17.3 Å². The van der Waals surface area contributed by atoms with Gasteiger partial charge in [0.05, 0.1) is 30.4 Å². The minimum absolute atomic E-state index is 0.0432. The number of methoxy groups -OCH3 is 1. The topological polar surface area (TPSA) is 102 Å². The zero-order chi connectivity index (χ0) is 15.7. The van der Waals surface area contributed by atoms with Gasteiger partial charge in [-0.1, -0.05) is 23.2 Å². The second kappa shape index (κ2) is 9.79. The average molecular weight is 326 g/mol. The van der Waals surface area contributed by atoms with Crippen molar-refractivity contribution in [3.8, 4) is 5.75 Å². The van der Waals surface area contributed by atoms with Crippen LogP contribution in [-0.4, -0.2) is 42.7 Å². The molecule has 0 radical (unpaired) electrons. The maximum absolute atomic E-state index is 10.7. The molecule has 1 aromatic carbocycles. The van der Waals surface area contributed by atoms with Gasteiger partial charge in [-0.15, -0.1) is 0 Å². The summed E-state index contributed by atoms with van der Waals surface area (Å²) in [4.78, 5) is 10.7. The van der Waals surface area contributed by atoms with Gasteiger partial charge in [0.15, 0.2) is 5.75 Å². The highest BCUT2D eigenvalue weighted by atomic mass is 35.5. The number of carbonyl (C=O) groups is 1. The Hall–Kier alpha value is -1.05. The van der Waals surface area contributed by atoms with Crippen molar-refractivity contribution in [3.63, 3.8) is 0 Å². The molecule has 0 aliphatic rings. The van der Waals surface area contributed by atoms with Crippen LogP contribution in [-0.2, 0) is 4.74 Å². The lowest BCUT2D eigenvalue weighted by Gasteiger charge is -2.07. The van der Waals surface area contributed by atoms with Crippen molar-refractivity contribution in [2.24, 2.45) is 5.73 Å². The smallest absolute Gasteiger partial charge is 0.341 e. The molecular formula is C12H17Cl2NO5. The van der Waals surface area contributed by atoms with Crippen LogP contribution in [0.25, 0.3) is 0 Å². The van der Waals surface area contributed by atoms with E-state index in [1.165, 1.54) is 19.2 Å². The van der Waals surface area contributed by atoms with Crippen molar-refractivity contribution in [2.75, 3.05) is 20.3 Å². The Balaban J connectivity index is 0.000000441. The SMILES string of the molecule is CC(N)OCCO.COc1c(Cl)ccc(Cl)c1C(=O)O. The van der Waals surface area contributed by atoms with E-state index in [-0.39, 0.29) is 34.2 Å². The molecule has 0 aromatic heterocycles. The van der Waals surface area contributed by atoms with Gasteiger partial charge in [0.25, 0.3) is 0 Å². The van der Waals surface area contributed by atoms with Crippen LogP contribution in [0, 0.1) is 0 Å². The van der Waals surface area contributed by atoms with Crippen LogP contribution >= 0.6 is 23.2 Å². The van der Waals surface area contributed by atoms with Crippen LogP contribution in [0.2, 0.25) is 10.0 Å². The molecule has 0 saturated heterocycles. The molecule has 4 N–H and O–H groups in total. The maximum atomic E-state index is 10.7. The lowest BCUT2D eigenvalue weighted by atomic mass is 10.2. The van der Waals surface area contributed by atoms with Gasteiger partial charge in [0.1, 0.15) is 11.8 Å². The van der Waals surface area contributed by atoms with Gasteiger partial charge in [-0.05, 0) is 19.1 Å². The zero-order valence-electron chi connectivity index (χ0n) is 11.1. The van der Waals surface area contributed by atoms with Crippen molar-refractivity contribution in [3.05, 3.63) is 27.7 Å². The third-order valence-electron chi connectivity index (χ3n) is 1.95. The van der Waals surface area contributed by atoms with Crippen LogP contribution in [0.3, 0.4) is 0 Å². The highest BCUT2D eigenvalue weighted by Gasteiger charge is 2.17. The average Bonchev–Trinajstić information content (AvgIpc) is 2.38. The first-order chi connectivity index (χ1) is 9.34. The van der Waals surface area contributed by atoms with Gasteiger partial charge in [-0.3, -0.25) is 0 Å². The molecular weight excluding hydrogens is 309 g/mol. The summed E-state index contributed by atoms with van der Waals surface area (Å²) in [6, 6.07) is 2.89. The lowest BCUT2D eigenvalue weighted by Crippen LogP contribution is -2.20. The summed E-state index contributed by atoms with van der Waals surface area (Å²) < 4.78 is 9.54. The molecule has 0 spiro atoms. The number of carboxylic acids is 1. The molecule has 1 rings (SSSR count). The number of carboxylic acid groups (broad SMARTS) is 1. The molecule has 0 aliphatic carbocycles. The van der Waals surface area contributed by atoms with Gasteiger partial charge in [-0.2, -0.15) is 0 Å². The number of aromatic carboxylic acids is 1. The molecule has 0 heterocycles. The molecule has 114 valence electrons. The highest BCUT2D eigenvalue weighted by Crippen LogP contribution is 2.33. The Kier molecular flexibility index (Phi) is 9.28. The summed E-state index contributed by atoms with van der Waals surface area (Å²) in [5, 5.41) is 17.2. The molecule has 0 bridgehead atoms. The van der Waals surface area contributed by atoms with E-state index in [4.69, 9.17) is 48.6 Å². The first-order valence-corrected chi connectivity index (χ1v) is 6.34. The van der Waals surface area contributed by atoms with Crippen molar-refractivity contribution in [1.82, 2.24) is 0 Å². The first-order valence-electron chi connectivity index (χ1n) is 5.58. The number of aliphatic hydroxyl groups excluding tert-OH is 1. The van der Waals surface area contributed by atoms with E-state index < -0.39 is 5.97 Å². The summed E-state index contributed by atoms with van der Waals surface area (Å²) in [6.07, 6.45) is -0.257. The standard InChI is InChI=1S/C8H6Cl2O3.C4H11NO2/c1-13-7-5(10)3-2-4(9)6(7)8(11)12;1-4(5)7-3-2-6/h2-3H,1H3,(H,11,12);4,6H,2-3,5H2,1H3. The number of nitrogens with two attached hydrogens (primary N) is 1.